The zero-order valence-electron chi connectivity index (χ0n) is 14.6. The van der Waals surface area contributed by atoms with Crippen LogP contribution in [0.4, 0.5) is 4.39 Å². The number of hydrogen-bond acceptors (Lipinski definition) is 4. The molecule has 0 saturated heterocycles. The maximum Gasteiger partial charge on any atom is 0.204 e. The molecule has 0 bridgehead atoms. The number of tetrazole rings is 1. The van der Waals surface area contributed by atoms with Gasteiger partial charge in [-0.2, -0.15) is 9.90 Å². The highest BCUT2D eigenvalue weighted by molar-refractivity contribution is 5.53. The highest BCUT2D eigenvalue weighted by atomic mass is 19.1. The van der Waals surface area contributed by atoms with Crippen LogP contribution in [0.3, 0.4) is 0 Å². The summed E-state index contributed by atoms with van der Waals surface area (Å²) in [7, 11) is 0. The smallest absolute Gasteiger partial charge is 0.204 e. The molecule has 0 aliphatic heterocycles. The van der Waals surface area contributed by atoms with E-state index in [-0.39, 0.29) is 5.82 Å². The lowest BCUT2D eigenvalue weighted by atomic mass is 10.2. The topological polar surface area (TPSA) is 61.4 Å². The van der Waals surface area contributed by atoms with Crippen molar-refractivity contribution in [3.63, 3.8) is 0 Å². The molecule has 1 aliphatic carbocycles. The third-order valence-electron chi connectivity index (χ3n) is 4.86. The van der Waals surface area contributed by atoms with Crippen LogP contribution < -0.4 is 0 Å². The summed E-state index contributed by atoms with van der Waals surface area (Å²) in [6.45, 7) is 0.469. The first-order chi connectivity index (χ1) is 13.3. The fourth-order valence-corrected chi connectivity index (χ4v) is 3.58. The van der Waals surface area contributed by atoms with Crippen LogP contribution in [0.5, 0.6) is 0 Å². The van der Waals surface area contributed by atoms with Crippen molar-refractivity contribution in [2.45, 2.75) is 25.8 Å². The largest absolute Gasteiger partial charge is 0.237 e. The van der Waals surface area contributed by atoms with Crippen LogP contribution in [0.1, 0.15) is 23.4 Å². The minimum absolute atomic E-state index is 0.247. The van der Waals surface area contributed by atoms with E-state index in [1.54, 1.807) is 16.9 Å². The number of nitrogens with zero attached hydrogens (tertiary/aromatic N) is 6. The standard InChI is InChI=1S/C20H17FN6/c21-15-9-11-16(12-10-15)27-19-8-4-7-17(19)18(23-27)13-26-24-20(22-25-26)14-5-2-1-3-6-14/h1-3,5-6,9-12H,4,7-8,13H2. The summed E-state index contributed by atoms with van der Waals surface area (Å²) >= 11 is 0. The number of halogens is 1. The van der Waals surface area contributed by atoms with E-state index in [4.69, 9.17) is 5.10 Å². The SMILES string of the molecule is Fc1ccc(-n2nc(Cn3nnc(-c4ccccc4)n3)c3c2CCC3)cc1. The monoisotopic (exact) mass is 360 g/mol. The molecule has 7 heteroatoms. The number of benzene rings is 2. The summed E-state index contributed by atoms with van der Waals surface area (Å²) in [6, 6.07) is 16.2. The second kappa shape index (κ2) is 6.42. The van der Waals surface area contributed by atoms with Crippen LogP contribution in [0.15, 0.2) is 54.6 Å². The average Bonchev–Trinajstić information content (AvgIpc) is 3.42. The molecule has 0 spiro atoms. The van der Waals surface area contributed by atoms with Gasteiger partial charge in [0.15, 0.2) is 0 Å². The molecule has 6 nitrogen and oxygen atoms in total. The van der Waals surface area contributed by atoms with Gasteiger partial charge in [0.2, 0.25) is 5.82 Å². The Kier molecular flexibility index (Phi) is 3.78. The molecule has 0 saturated carbocycles. The van der Waals surface area contributed by atoms with E-state index in [0.717, 1.165) is 36.2 Å². The third kappa shape index (κ3) is 2.91. The Hall–Kier alpha value is -3.35. The van der Waals surface area contributed by atoms with Crippen LogP contribution in [-0.2, 0) is 19.4 Å². The molecule has 0 atom stereocenters. The van der Waals surface area contributed by atoms with Gasteiger partial charge >= 0.3 is 0 Å². The molecule has 134 valence electrons. The zero-order valence-corrected chi connectivity index (χ0v) is 14.6. The Bertz CT molecular complexity index is 1080. The van der Waals surface area contributed by atoms with Crippen LogP contribution in [0, 0.1) is 5.82 Å². The van der Waals surface area contributed by atoms with Crippen molar-refractivity contribution in [2.75, 3.05) is 0 Å². The van der Waals surface area contributed by atoms with E-state index >= 15 is 0 Å². The molecule has 2 heterocycles. The number of rotatable bonds is 4. The summed E-state index contributed by atoms with van der Waals surface area (Å²) in [5.74, 6) is 0.355. The predicted octanol–water partition coefficient (Wildman–Crippen LogP) is 3.20. The Labute approximate surface area is 155 Å². The Morgan fingerprint density at radius 1 is 0.926 bits per heavy atom. The Morgan fingerprint density at radius 2 is 1.74 bits per heavy atom. The molecule has 0 amide bonds. The fourth-order valence-electron chi connectivity index (χ4n) is 3.58. The van der Waals surface area contributed by atoms with Crippen molar-refractivity contribution in [3.8, 4) is 17.1 Å². The minimum Gasteiger partial charge on any atom is -0.237 e. The molecule has 27 heavy (non-hydrogen) atoms. The molecule has 1 aliphatic rings. The van der Waals surface area contributed by atoms with E-state index in [1.807, 2.05) is 35.0 Å². The van der Waals surface area contributed by atoms with Gasteiger partial charge in [0.1, 0.15) is 12.4 Å². The molecule has 0 fully saturated rings. The van der Waals surface area contributed by atoms with Gasteiger partial charge in [-0.05, 0) is 54.3 Å². The molecule has 2 aromatic heterocycles. The van der Waals surface area contributed by atoms with Crippen LogP contribution in [0.25, 0.3) is 17.1 Å². The third-order valence-corrected chi connectivity index (χ3v) is 4.86. The number of hydrogen-bond donors (Lipinski definition) is 0. The van der Waals surface area contributed by atoms with Gasteiger partial charge in [-0.25, -0.2) is 9.07 Å². The van der Waals surface area contributed by atoms with Crippen LogP contribution >= 0.6 is 0 Å². The van der Waals surface area contributed by atoms with Gasteiger partial charge in [0.05, 0.1) is 11.4 Å². The van der Waals surface area contributed by atoms with Gasteiger partial charge in [0, 0.05) is 11.3 Å². The molecule has 0 radical (unpaired) electrons. The quantitative estimate of drug-likeness (QED) is 0.561. The molecular weight excluding hydrogens is 343 g/mol. The van der Waals surface area contributed by atoms with E-state index in [2.05, 4.69) is 15.4 Å². The lowest BCUT2D eigenvalue weighted by molar-refractivity contribution is 0.557. The molecular formula is C20H17FN6. The number of fused-ring (bicyclic) bond motifs is 1. The first-order valence-corrected chi connectivity index (χ1v) is 8.97. The Morgan fingerprint density at radius 3 is 2.56 bits per heavy atom. The summed E-state index contributed by atoms with van der Waals surface area (Å²) in [5.41, 5.74) is 5.20. The van der Waals surface area contributed by atoms with Gasteiger partial charge < -0.3 is 0 Å². The molecule has 0 unspecified atom stereocenters. The van der Waals surface area contributed by atoms with Gasteiger partial charge in [0.25, 0.3) is 0 Å². The highest BCUT2D eigenvalue weighted by Gasteiger charge is 2.24. The van der Waals surface area contributed by atoms with E-state index in [1.165, 1.54) is 23.4 Å². The maximum absolute atomic E-state index is 13.3. The van der Waals surface area contributed by atoms with E-state index in [9.17, 15) is 4.39 Å². The molecule has 0 N–H and O–H groups in total. The normalized spacial score (nSPS) is 13.1. The van der Waals surface area contributed by atoms with Crippen molar-refractivity contribution < 1.29 is 4.39 Å². The van der Waals surface area contributed by atoms with E-state index in [0.29, 0.717) is 12.4 Å². The second-order valence-corrected chi connectivity index (χ2v) is 6.62. The summed E-state index contributed by atoms with van der Waals surface area (Å²) < 4.78 is 15.2. The van der Waals surface area contributed by atoms with Crippen molar-refractivity contribution >= 4 is 0 Å². The Balaban J connectivity index is 1.47. The summed E-state index contributed by atoms with van der Waals surface area (Å²) in [4.78, 5) is 1.58. The average molecular weight is 360 g/mol. The van der Waals surface area contributed by atoms with Gasteiger partial charge in [-0.3, -0.25) is 0 Å². The van der Waals surface area contributed by atoms with Crippen molar-refractivity contribution in [3.05, 3.63) is 77.4 Å². The van der Waals surface area contributed by atoms with Gasteiger partial charge in [-0.15, -0.1) is 10.2 Å². The van der Waals surface area contributed by atoms with Gasteiger partial charge in [-0.1, -0.05) is 30.3 Å². The molecule has 2 aromatic carbocycles. The zero-order chi connectivity index (χ0) is 18.2. The highest BCUT2D eigenvalue weighted by Crippen LogP contribution is 2.28. The maximum atomic E-state index is 13.3. The van der Waals surface area contributed by atoms with Crippen LogP contribution in [0.2, 0.25) is 0 Å². The number of aromatic nitrogens is 6. The van der Waals surface area contributed by atoms with Crippen molar-refractivity contribution in [1.82, 2.24) is 30.0 Å². The summed E-state index contributed by atoms with van der Waals surface area (Å²) in [5, 5.41) is 17.6. The predicted molar refractivity (Wildman–Crippen MR) is 97.9 cm³/mol. The lowest BCUT2D eigenvalue weighted by Crippen LogP contribution is -2.07. The molecule has 4 aromatic rings. The fraction of sp³-hybridized carbons (Fsp3) is 0.200. The van der Waals surface area contributed by atoms with Crippen molar-refractivity contribution in [2.24, 2.45) is 0 Å². The summed E-state index contributed by atoms with van der Waals surface area (Å²) in [6.07, 6.45) is 3.06. The van der Waals surface area contributed by atoms with Crippen LogP contribution in [-0.4, -0.2) is 30.0 Å². The van der Waals surface area contributed by atoms with Crippen molar-refractivity contribution in [1.29, 1.82) is 0 Å². The first kappa shape index (κ1) is 15.9. The molecule has 5 rings (SSSR count). The second-order valence-electron chi connectivity index (χ2n) is 6.62. The first-order valence-electron chi connectivity index (χ1n) is 8.97. The minimum atomic E-state index is -0.247. The van der Waals surface area contributed by atoms with E-state index < -0.39 is 0 Å². The lowest BCUT2D eigenvalue weighted by Gasteiger charge is -2.05.